The van der Waals surface area contributed by atoms with Crippen molar-refractivity contribution in [2.75, 3.05) is 0 Å². The highest BCUT2D eigenvalue weighted by Crippen LogP contribution is 2.14. The molecule has 2 rings (SSSR count). The molecule has 7 nitrogen and oxygen atoms in total. The fourth-order valence-electron chi connectivity index (χ4n) is 1.84. The molecule has 0 aliphatic heterocycles. The first kappa shape index (κ1) is 13.6. The molecule has 2 amide bonds. The Bertz CT molecular complexity index is 677. The number of aromatic amines is 1. The van der Waals surface area contributed by atoms with Gasteiger partial charge in [-0.3, -0.25) is 9.59 Å². The van der Waals surface area contributed by atoms with Gasteiger partial charge in [0, 0.05) is 22.7 Å². The van der Waals surface area contributed by atoms with Crippen molar-refractivity contribution in [3.63, 3.8) is 0 Å². The van der Waals surface area contributed by atoms with Gasteiger partial charge in [0.15, 0.2) is 0 Å². The number of aliphatic carboxylic acids is 1. The predicted molar refractivity (Wildman–Crippen MR) is 71.0 cm³/mol. The normalized spacial score (nSPS) is 12.0. The minimum atomic E-state index is -1.33. The van der Waals surface area contributed by atoms with Gasteiger partial charge in [-0.25, -0.2) is 4.79 Å². The Balaban J connectivity index is 2.17. The number of primary amides is 1. The number of nitrogens with two attached hydrogens (primary N) is 1. The van der Waals surface area contributed by atoms with Crippen molar-refractivity contribution in [2.45, 2.75) is 12.5 Å². The molecule has 0 bridgehead atoms. The zero-order chi connectivity index (χ0) is 14.7. The summed E-state index contributed by atoms with van der Waals surface area (Å²) < 4.78 is 0. The second kappa shape index (κ2) is 5.43. The number of amides is 2. The molecule has 0 spiro atoms. The lowest BCUT2D eigenvalue weighted by Gasteiger charge is -2.12. The first-order valence-electron chi connectivity index (χ1n) is 5.86. The van der Waals surface area contributed by atoms with Crippen LogP contribution < -0.4 is 11.1 Å². The van der Waals surface area contributed by atoms with Gasteiger partial charge in [0.2, 0.25) is 5.91 Å². The molecule has 7 heteroatoms. The zero-order valence-corrected chi connectivity index (χ0v) is 10.4. The molecule has 0 aliphatic rings. The molecule has 20 heavy (non-hydrogen) atoms. The van der Waals surface area contributed by atoms with E-state index in [0.717, 1.165) is 10.9 Å². The van der Waals surface area contributed by atoms with Crippen molar-refractivity contribution in [2.24, 2.45) is 5.73 Å². The molecule has 1 atom stereocenters. The van der Waals surface area contributed by atoms with Gasteiger partial charge in [-0.05, 0) is 24.3 Å². The summed E-state index contributed by atoms with van der Waals surface area (Å²) in [5, 5.41) is 12.0. The maximum Gasteiger partial charge on any atom is 0.326 e. The second-order valence-corrected chi connectivity index (χ2v) is 4.31. The number of benzene rings is 1. The highest BCUT2D eigenvalue weighted by molar-refractivity contribution is 6.00. The number of hydrogen-bond acceptors (Lipinski definition) is 3. The van der Waals surface area contributed by atoms with E-state index in [0.29, 0.717) is 5.56 Å². The monoisotopic (exact) mass is 275 g/mol. The van der Waals surface area contributed by atoms with Crippen LogP contribution in [0.4, 0.5) is 0 Å². The van der Waals surface area contributed by atoms with Gasteiger partial charge < -0.3 is 21.1 Å². The highest BCUT2D eigenvalue weighted by atomic mass is 16.4. The third kappa shape index (κ3) is 2.94. The standard InChI is InChI=1S/C13H13N3O4/c14-11(17)6-10(13(19)20)16-12(18)8-1-2-9-7(5-8)3-4-15-9/h1-5,10,15H,6H2,(H2,14,17)(H,16,18)(H,19,20)/t10-/m0/s1. The van der Waals surface area contributed by atoms with E-state index in [9.17, 15) is 14.4 Å². The van der Waals surface area contributed by atoms with Crippen LogP contribution in [-0.4, -0.2) is 33.9 Å². The number of rotatable bonds is 5. The molecule has 1 aromatic heterocycles. The fourth-order valence-corrected chi connectivity index (χ4v) is 1.84. The molecule has 1 aromatic carbocycles. The Kier molecular flexibility index (Phi) is 3.69. The Morgan fingerprint density at radius 3 is 2.70 bits per heavy atom. The summed E-state index contributed by atoms with van der Waals surface area (Å²) in [6, 6.07) is 5.38. The zero-order valence-electron chi connectivity index (χ0n) is 10.4. The fraction of sp³-hybridized carbons (Fsp3) is 0.154. The predicted octanol–water partition coefficient (Wildman–Crippen LogP) is 0.226. The second-order valence-electron chi connectivity index (χ2n) is 4.31. The molecule has 0 fully saturated rings. The van der Waals surface area contributed by atoms with E-state index in [1.807, 2.05) is 0 Å². The van der Waals surface area contributed by atoms with Gasteiger partial charge in [-0.15, -0.1) is 0 Å². The summed E-state index contributed by atoms with van der Waals surface area (Å²) >= 11 is 0. The smallest absolute Gasteiger partial charge is 0.326 e. The summed E-state index contributed by atoms with van der Waals surface area (Å²) in [5.41, 5.74) is 6.13. The van der Waals surface area contributed by atoms with E-state index in [1.165, 1.54) is 0 Å². The highest BCUT2D eigenvalue weighted by Gasteiger charge is 2.22. The SMILES string of the molecule is NC(=O)C[C@H](NC(=O)c1ccc2[nH]ccc2c1)C(=O)O. The van der Waals surface area contributed by atoms with Crippen molar-refractivity contribution in [1.29, 1.82) is 0 Å². The summed E-state index contributed by atoms with van der Waals surface area (Å²) in [4.78, 5) is 36.7. The van der Waals surface area contributed by atoms with Crippen molar-refractivity contribution in [3.8, 4) is 0 Å². The van der Waals surface area contributed by atoms with E-state index >= 15 is 0 Å². The number of carboxylic acid groups (broad SMARTS) is 1. The lowest BCUT2D eigenvalue weighted by Crippen LogP contribution is -2.43. The van der Waals surface area contributed by atoms with Crippen LogP contribution >= 0.6 is 0 Å². The lowest BCUT2D eigenvalue weighted by molar-refractivity contribution is -0.140. The third-order valence-corrected chi connectivity index (χ3v) is 2.82. The van der Waals surface area contributed by atoms with E-state index in [4.69, 9.17) is 10.8 Å². The molecular formula is C13H13N3O4. The quantitative estimate of drug-likeness (QED) is 0.623. The van der Waals surface area contributed by atoms with Gasteiger partial charge >= 0.3 is 5.97 Å². The molecule has 0 saturated heterocycles. The molecule has 1 heterocycles. The van der Waals surface area contributed by atoms with Crippen molar-refractivity contribution < 1.29 is 19.5 Å². The van der Waals surface area contributed by atoms with Crippen LogP contribution in [0.25, 0.3) is 10.9 Å². The van der Waals surface area contributed by atoms with Crippen LogP contribution in [0.3, 0.4) is 0 Å². The Morgan fingerprint density at radius 2 is 2.05 bits per heavy atom. The number of fused-ring (bicyclic) bond motifs is 1. The van der Waals surface area contributed by atoms with Crippen molar-refractivity contribution in [3.05, 3.63) is 36.0 Å². The van der Waals surface area contributed by atoms with Crippen LogP contribution in [0.5, 0.6) is 0 Å². The largest absolute Gasteiger partial charge is 0.480 e. The number of carbonyl (C=O) groups excluding carboxylic acids is 2. The first-order valence-corrected chi connectivity index (χ1v) is 5.86. The molecule has 0 aliphatic carbocycles. The van der Waals surface area contributed by atoms with Crippen LogP contribution in [0.15, 0.2) is 30.5 Å². The number of aromatic nitrogens is 1. The molecule has 104 valence electrons. The Labute approximate surface area is 113 Å². The minimum absolute atomic E-state index is 0.313. The van der Waals surface area contributed by atoms with E-state index in [1.54, 1.807) is 30.5 Å². The maximum atomic E-state index is 12.0. The number of hydrogen-bond donors (Lipinski definition) is 4. The maximum absolute atomic E-state index is 12.0. The summed E-state index contributed by atoms with van der Waals surface area (Å²) in [6.45, 7) is 0. The van der Waals surface area contributed by atoms with Gasteiger partial charge in [-0.2, -0.15) is 0 Å². The summed E-state index contributed by atoms with van der Waals surface area (Å²) in [5.74, 6) is -2.67. The summed E-state index contributed by atoms with van der Waals surface area (Å²) in [6.07, 6.45) is 1.28. The average molecular weight is 275 g/mol. The van der Waals surface area contributed by atoms with E-state index in [-0.39, 0.29) is 0 Å². The van der Waals surface area contributed by atoms with Crippen molar-refractivity contribution in [1.82, 2.24) is 10.3 Å². The Hall–Kier alpha value is -2.83. The number of carboxylic acids is 1. The number of nitrogens with one attached hydrogen (secondary N) is 2. The molecular weight excluding hydrogens is 262 g/mol. The van der Waals surface area contributed by atoms with Crippen LogP contribution in [0.2, 0.25) is 0 Å². The van der Waals surface area contributed by atoms with E-state index in [2.05, 4.69) is 10.3 Å². The van der Waals surface area contributed by atoms with Gasteiger partial charge in [0.25, 0.3) is 5.91 Å². The first-order chi connectivity index (χ1) is 9.47. The summed E-state index contributed by atoms with van der Waals surface area (Å²) in [7, 11) is 0. The van der Waals surface area contributed by atoms with Crippen LogP contribution in [-0.2, 0) is 9.59 Å². The average Bonchev–Trinajstić information content (AvgIpc) is 2.84. The molecule has 0 radical (unpaired) electrons. The van der Waals surface area contributed by atoms with Crippen LogP contribution in [0, 0.1) is 0 Å². The minimum Gasteiger partial charge on any atom is -0.480 e. The molecule has 5 N–H and O–H groups in total. The van der Waals surface area contributed by atoms with Crippen LogP contribution in [0.1, 0.15) is 16.8 Å². The molecule has 0 saturated carbocycles. The number of carbonyl (C=O) groups is 3. The number of H-pyrrole nitrogens is 1. The van der Waals surface area contributed by atoms with Gasteiger partial charge in [-0.1, -0.05) is 0 Å². The third-order valence-electron chi connectivity index (χ3n) is 2.82. The lowest BCUT2D eigenvalue weighted by atomic mass is 10.1. The van der Waals surface area contributed by atoms with Gasteiger partial charge in [0.1, 0.15) is 6.04 Å². The topological polar surface area (TPSA) is 125 Å². The molecule has 2 aromatic rings. The van der Waals surface area contributed by atoms with Gasteiger partial charge in [0.05, 0.1) is 6.42 Å². The molecule has 0 unspecified atom stereocenters. The van der Waals surface area contributed by atoms with Crippen molar-refractivity contribution >= 4 is 28.7 Å². The van der Waals surface area contributed by atoms with E-state index < -0.39 is 30.2 Å². The Morgan fingerprint density at radius 1 is 1.30 bits per heavy atom.